The summed E-state index contributed by atoms with van der Waals surface area (Å²) >= 11 is 0. The maximum atomic E-state index is 12.8. The van der Waals surface area contributed by atoms with Crippen LogP contribution in [0, 0.1) is 13.8 Å². The number of aromatic nitrogens is 2. The molecule has 0 saturated carbocycles. The summed E-state index contributed by atoms with van der Waals surface area (Å²) in [5.74, 6) is -0.474. The van der Waals surface area contributed by atoms with Gasteiger partial charge in [-0.05, 0) is 38.0 Å². The molecule has 1 aromatic heterocycles. The summed E-state index contributed by atoms with van der Waals surface area (Å²) < 4.78 is 1.07. The number of hydrogen-bond donors (Lipinski definition) is 1. The molecule has 2 aromatic rings. The van der Waals surface area contributed by atoms with Crippen molar-refractivity contribution in [2.75, 3.05) is 10.7 Å². The molecule has 1 aromatic carbocycles. The predicted molar refractivity (Wildman–Crippen MR) is 89.2 cm³/mol. The number of amides is 2. The molecule has 0 spiro atoms. The molecule has 1 aliphatic heterocycles. The van der Waals surface area contributed by atoms with Gasteiger partial charge in [-0.1, -0.05) is 0 Å². The fourth-order valence-corrected chi connectivity index (χ4v) is 2.75. The quantitative estimate of drug-likeness (QED) is 0.623. The van der Waals surface area contributed by atoms with Crippen molar-refractivity contribution in [3.63, 3.8) is 0 Å². The van der Waals surface area contributed by atoms with Crippen molar-refractivity contribution in [2.24, 2.45) is 0 Å². The average molecular weight is 337 g/mol. The second-order valence-corrected chi connectivity index (χ2v) is 5.40. The van der Waals surface area contributed by atoms with Gasteiger partial charge in [-0.2, -0.15) is 9.69 Å². The van der Waals surface area contributed by atoms with Crippen molar-refractivity contribution in [3.05, 3.63) is 33.9 Å². The Hall–Kier alpha value is -2.41. The molecule has 122 valence electrons. The summed E-state index contributed by atoms with van der Waals surface area (Å²) in [7, 11) is 0. The number of nitrogens with zero attached hydrogens (tertiary/aromatic N) is 3. The van der Waals surface area contributed by atoms with Crippen LogP contribution in [0.1, 0.15) is 30.7 Å². The number of carbonyl (C=O) groups is 2. The van der Waals surface area contributed by atoms with Crippen molar-refractivity contribution < 1.29 is 9.59 Å². The third kappa shape index (κ3) is 2.57. The highest BCUT2D eigenvalue weighted by Crippen LogP contribution is 2.20. The molecular weight excluding hydrogens is 320 g/mol. The summed E-state index contributed by atoms with van der Waals surface area (Å²) in [6.07, 6.45) is 0.992. The molecule has 3 rings (SSSR count). The van der Waals surface area contributed by atoms with E-state index in [1.54, 1.807) is 26.0 Å². The van der Waals surface area contributed by atoms with Crippen LogP contribution >= 0.6 is 12.4 Å². The molecule has 8 heteroatoms. The lowest BCUT2D eigenvalue weighted by Crippen LogP contribution is -2.53. The second-order valence-electron chi connectivity index (χ2n) is 5.40. The number of nitrogen functional groups attached to an aromatic ring is 1. The number of fused-ring (bicyclic) bond motifs is 1. The SMILES string of the molecule is Cc1c(N)ccc2nc(C)n(N3C(=O)CCCC3=O)c(=O)c12.Cl. The van der Waals surface area contributed by atoms with Crippen LogP contribution < -0.4 is 16.3 Å². The summed E-state index contributed by atoms with van der Waals surface area (Å²) in [6, 6.07) is 3.35. The van der Waals surface area contributed by atoms with E-state index in [-0.39, 0.29) is 37.1 Å². The van der Waals surface area contributed by atoms with Gasteiger partial charge in [-0.15, -0.1) is 12.4 Å². The number of aryl methyl sites for hydroxylation is 2. The lowest BCUT2D eigenvalue weighted by Gasteiger charge is -2.27. The molecule has 0 unspecified atom stereocenters. The van der Waals surface area contributed by atoms with E-state index >= 15 is 0 Å². The maximum Gasteiger partial charge on any atom is 0.281 e. The van der Waals surface area contributed by atoms with Crippen LogP contribution in [0.15, 0.2) is 16.9 Å². The number of halogens is 1. The Morgan fingerprint density at radius 1 is 1.09 bits per heavy atom. The van der Waals surface area contributed by atoms with Crippen molar-refractivity contribution in [3.8, 4) is 0 Å². The zero-order chi connectivity index (χ0) is 16.0. The van der Waals surface area contributed by atoms with Crippen LogP contribution in [0.4, 0.5) is 5.69 Å². The van der Waals surface area contributed by atoms with Crippen molar-refractivity contribution in [1.29, 1.82) is 0 Å². The number of anilines is 1. The van der Waals surface area contributed by atoms with Crippen LogP contribution in [-0.2, 0) is 9.59 Å². The highest BCUT2D eigenvalue weighted by atomic mass is 35.5. The summed E-state index contributed by atoms with van der Waals surface area (Å²) in [6.45, 7) is 3.32. The second kappa shape index (κ2) is 6.00. The van der Waals surface area contributed by atoms with Gasteiger partial charge in [0, 0.05) is 18.5 Å². The molecule has 0 radical (unpaired) electrons. The number of hydrogen-bond acceptors (Lipinski definition) is 5. The minimum absolute atomic E-state index is 0. The normalized spacial score (nSPS) is 15.0. The largest absolute Gasteiger partial charge is 0.398 e. The van der Waals surface area contributed by atoms with Gasteiger partial charge in [0.2, 0.25) is 11.8 Å². The van der Waals surface area contributed by atoms with Crippen molar-refractivity contribution in [1.82, 2.24) is 9.66 Å². The molecule has 2 N–H and O–H groups in total. The first-order chi connectivity index (χ1) is 10.4. The van der Waals surface area contributed by atoms with Crippen LogP contribution in [0.3, 0.4) is 0 Å². The lowest BCUT2D eigenvalue weighted by molar-refractivity contribution is -0.131. The van der Waals surface area contributed by atoms with Gasteiger partial charge in [0.1, 0.15) is 5.82 Å². The summed E-state index contributed by atoms with van der Waals surface area (Å²) in [5.41, 5.74) is 6.97. The highest BCUT2D eigenvalue weighted by molar-refractivity contribution is 6.10. The molecule has 0 aliphatic carbocycles. The Bertz CT molecular complexity index is 859. The molecular formula is C15H17ClN4O3. The Kier molecular flexibility index (Phi) is 4.42. The van der Waals surface area contributed by atoms with Crippen LogP contribution in [0.5, 0.6) is 0 Å². The van der Waals surface area contributed by atoms with Crippen molar-refractivity contribution >= 4 is 40.8 Å². The van der Waals surface area contributed by atoms with E-state index < -0.39 is 5.56 Å². The van der Waals surface area contributed by atoms with Crippen LogP contribution in [-0.4, -0.2) is 21.5 Å². The Morgan fingerprint density at radius 3 is 2.30 bits per heavy atom. The molecule has 23 heavy (non-hydrogen) atoms. The van der Waals surface area contributed by atoms with Crippen LogP contribution in [0.2, 0.25) is 0 Å². The number of piperidine rings is 1. The van der Waals surface area contributed by atoms with Gasteiger partial charge in [0.25, 0.3) is 5.56 Å². The zero-order valence-corrected chi connectivity index (χ0v) is 13.6. The van der Waals surface area contributed by atoms with Gasteiger partial charge in [-0.3, -0.25) is 14.4 Å². The molecule has 0 bridgehead atoms. The number of carbonyl (C=O) groups excluding carboxylic acids is 2. The Balaban J connectivity index is 0.00000192. The highest BCUT2D eigenvalue weighted by Gasteiger charge is 2.30. The monoisotopic (exact) mass is 336 g/mol. The zero-order valence-electron chi connectivity index (χ0n) is 12.8. The van der Waals surface area contributed by atoms with E-state index in [0.29, 0.717) is 34.4 Å². The first-order valence-electron chi connectivity index (χ1n) is 7.06. The number of nitrogens with two attached hydrogens (primary N) is 1. The number of imide groups is 1. The van der Waals surface area contributed by atoms with Crippen molar-refractivity contribution in [2.45, 2.75) is 33.1 Å². The van der Waals surface area contributed by atoms with Gasteiger partial charge in [0.05, 0.1) is 10.9 Å². The van der Waals surface area contributed by atoms with Gasteiger partial charge < -0.3 is 5.73 Å². The van der Waals surface area contributed by atoms with E-state index in [0.717, 1.165) is 9.69 Å². The van der Waals surface area contributed by atoms with E-state index in [2.05, 4.69) is 4.98 Å². The number of benzene rings is 1. The fraction of sp³-hybridized carbons (Fsp3) is 0.333. The number of rotatable bonds is 1. The fourth-order valence-electron chi connectivity index (χ4n) is 2.75. The summed E-state index contributed by atoms with van der Waals surface area (Å²) in [5, 5.41) is 1.24. The van der Waals surface area contributed by atoms with Gasteiger partial charge in [-0.25, -0.2) is 4.98 Å². The maximum absolute atomic E-state index is 12.8. The molecule has 1 aliphatic rings. The van der Waals surface area contributed by atoms with E-state index in [4.69, 9.17) is 5.73 Å². The van der Waals surface area contributed by atoms with E-state index in [9.17, 15) is 14.4 Å². The third-order valence-corrected chi connectivity index (χ3v) is 3.93. The first-order valence-corrected chi connectivity index (χ1v) is 7.06. The first kappa shape index (κ1) is 17.0. The van der Waals surface area contributed by atoms with Gasteiger partial charge >= 0.3 is 0 Å². The van der Waals surface area contributed by atoms with Crippen LogP contribution in [0.25, 0.3) is 10.9 Å². The Morgan fingerprint density at radius 2 is 1.70 bits per heavy atom. The minimum Gasteiger partial charge on any atom is -0.398 e. The van der Waals surface area contributed by atoms with Gasteiger partial charge in [0.15, 0.2) is 0 Å². The standard InChI is InChI=1S/C15H16N4O3.ClH/c1-8-10(16)6-7-11-14(8)15(22)18(9(2)17-11)19-12(20)4-3-5-13(19)21;/h6-7H,3-5,16H2,1-2H3;1H. The molecule has 2 amide bonds. The lowest BCUT2D eigenvalue weighted by atomic mass is 10.1. The Labute approximate surface area is 138 Å². The molecule has 7 nitrogen and oxygen atoms in total. The predicted octanol–water partition coefficient (Wildman–Crippen LogP) is 1.19. The average Bonchev–Trinajstić information content (AvgIpc) is 2.45. The third-order valence-electron chi connectivity index (χ3n) is 3.93. The minimum atomic E-state index is -0.448. The summed E-state index contributed by atoms with van der Waals surface area (Å²) in [4.78, 5) is 41.4. The smallest absolute Gasteiger partial charge is 0.281 e. The van der Waals surface area contributed by atoms with E-state index in [1.807, 2.05) is 0 Å². The molecule has 1 saturated heterocycles. The molecule has 0 atom stereocenters. The topological polar surface area (TPSA) is 98.3 Å². The van der Waals surface area contributed by atoms with E-state index in [1.165, 1.54) is 0 Å². The molecule has 1 fully saturated rings. The molecule has 2 heterocycles.